The number of pyridine rings is 1. The van der Waals surface area contributed by atoms with Crippen LogP contribution in [-0.4, -0.2) is 43.6 Å². The molecule has 1 saturated carbocycles. The van der Waals surface area contributed by atoms with Gasteiger partial charge in [-0.15, -0.1) is 0 Å². The van der Waals surface area contributed by atoms with Gasteiger partial charge in [-0.25, -0.2) is 0 Å². The van der Waals surface area contributed by atoms with Crippen molar-refractivity contribution in [1.82, 2.24) is 15.2 Å². The SMILES string of the molecule is CNCC1(CN(C)CCc2ccccn2)CCCCCC1. The molecule has 0 unspecified atom stereocenters. The molecule has 1 N–H and O–H groups in total. The van der Waals surface area contributed by atoms with E-state index in [0.717, 1.165) is 19.5 Å². The van der Waals surface area contributed by atoms with Crippen molar-refractivity contribution in [3.63, 3.8) is 0 Å². The monoisotopic (exact) mass is 289 g/mol. The van der Waals surface area contributed by atoms with Gasteiger partial charge in [0.1, 0.15) is 0 Å². The molecule has 0 atom stereocenters. The Bertz CT molecular complexity index is 383. The first-order valence-corrected chi connectivity index (χ1v) is 8.47. The summed E-state index contributed by atoms with van der Waals surface area (Å²) in [7, 11) is 4.37. The van der Waals surface area contributed by atoms with Crippen molar-refractivity contribution >= 4 is 0 Å². The van der Waals surface area contributed by atoms with Crippen LogP contribution in [0.15, 0.2) is 24.4 Å². The van der Waals surface area contributed by atoms with Crippen molar-refractivity contribution in [2.75, 3.05) is 33.7 Å². The Morgan fingerprint density at radius 1 is 1.19 bits per heavy atom. The molecule has 0 amide bonds. The lowest BCUT2D eigenvalue weighted by Gasteiger charge is -2.36. The number of hydrogen-bond donors (Lipinski definition) is 1. The van der Waals surface area contributed by atoms with Gasteiger partial charge in [-0.05, 0) is 44.5 Å². The van der Waals surface area contributed by atoms with Crippen LogP contribution in [0.3, 0.4) is 0 Å². The zero-order chi connectivity index (χ0) is 15.0. The van der Waals surface area contributed by atoms with Crippen molar-refractivity contribution < 1.29 is 0 Å². The number of likely N-dealkylation sites (N-methyl/N-ethyl adjacent to an activating group) is 1. The minimum absolute atomic E-state index is 0.476. The summed E-state index contributed by atoms with van der Waals surface area (Å²) in [4.78, 5) is 6.94. The Labute approximate surface area is 130 Å². The fourth-order valence-corrected chi connectivity index (χ4v) is 3.75. The molecule has 0 bridgehead atoms. The van der Waals surface area contributed by atoms with Crippen LogP contribution >= 0.6 is 0 Å². The van der Waals surface area contributed by atoms with Gasteiger partial charge in [0.2, 0.25) is 0 Å². The summed E-state index contributed by atoms with van der Waals surface area (Å²) in [5, 5.41) is 3.45. The molecular formula is C18H31N3. The zero-order valence-electron chi connectivity index (χ0n) is 13.8. The quantitative estimate of drug-likeness (QED) is 0.782. The number of aromatic nitrogens is 1. The molecule has 0 aliphatic heterocycles. The molecule has 0 spiro atoms. The first-order valence-electron chi connectivity index (χ1n) is 8.47. The van der Waals surface area contributed by atoms with E-state index in [0.29, 0.717) is 5.41 Å². The van der Waals surface area contributed by atoms with E-state index >= 15 is 0 Å². The van der Waals surface area contributed by atoms with Gasteiger partial charge < -0.3 is 10.2 Å². The molecule has 118 valence electrons. The lowest BCUT2D eigenvalue weighted by Crippen LogP contribution is -2.42. The highest BCUT2D eigenvalue weighted by Crippen LogP contribution is 2.35. The molecule has 0 aromatic carbocycles. The predicted molar refractivity (Wildman–Crippen MR) is 89.5 cm³/mol. The maximum Gasteiger partial charge on any atom is 0.0416 e. The van der Waals surface area contributed by atoms with E-state index in [9.17, 15) is 0 Å². The maximum absolute atomic E-state index is 4.43. The standard InChI is InChI=1S/C18H31N3/c1-19-15-18(11-6-3-4-7-12-18)16-21(2)14-10-17-9-5-8-13-20-17/h5,8-9,13,19H,3-4,6-7,10-12,14-16H2,1-2H3. The van der Waals surface area contributed by atoms with Gasteiger partial charge in [0.15, 0.2) is 0 Å². The second-order valence-electron chi connectivity index (χ2n) is 6.75. The van der Waals surface area contributed by atoms with Gasteiger partial charge in [-0.1, -0.05) is 31.7 Å². The van der Waals surface area contributed by atoms with Crippen molar-refractivity contribution in [2.24, 2.45) is 5.41 Å². The average molecular weight is 289 g/mol. The predicted octanol–water partition coefficient (Wildman–Crippen LogP) is 3.12. The lowest BCUT2D eigenvalue weighted by molar-refractivity contribution is 0.149. The Balaban J connectivity index is 1.86. The summed E-state index contributed by atoms with van der Waals surface area (Å²) in [6.07, 6.45) is 11.3. The van der Waals surface area contributed by atoms with Crippen LogP contribution in [0, 0.1) is 5.41 Å². The minimum Gasteiger partial charge on any atom is -0.319 e. The van der Waals surface area contributed by atoms with E-state index in [1.807, 2.05) is 12.3 Å². The third-order valence-electron chi connectivity index (χ3n) is 4.80. The molecule has 2 rings (SSSR count). The molecule has 3 heteroatoms. The van der Waals surface area contributed by atoms with E-state index in [-0.39, 0.29) is 0 Å². The highest BCUT2D eigenvalue weighted by atomic mass is 15.1. The van der Waals surface area contributed by atoms with Gasteiger partial charge in [0.25, 0.3) is 0 Å². The number of rotatable bonds is 7. The van der Waals surface area contributed by atoms with Gasteiger partial charge >= 0.3 is 0 Å². The zero-order valence-corrected chi connectivity index (χ0v) is 13.8. The van der Waals surface area contributed by atoms with Crippen LogP contribution in [0.4, 0.5) is 0 Å². The fraction of sp³-hybridized carbons (Fsp3) is 0.722. The van der Waals surface area contributed by atoms with E-state index in [4.69, 9.17) is 0 Å². The average Bonchev–Trinajstić information content (AvgIpc) is 2.72. The molecule has 1 aromatic rings. The van der Waals surface area contributed by atoms with Crippen molar-refractivity contribution in [3.8, 4) is 0 Å². The van der Waals surface area contributed by atoms with Gasteiger partial charge in [-0.2, -0.15) is 0 Å². The number of nitrogens with one attached hydrogen (secondary N) is 1. The smallest absolute Gasteiger partial charge is 0.0416 e. The van der Waals surface area contributed by atoms with Crippen LogP contribution in [0.2, 0.25) is 0 Å². The first-order chi connectivity index (χ1) is 10.2. The Hall–Kier alpha value is -0.930. The van der Waals surface area contributed by atoms with E-state index < -0.39 is 0 Å². The third kappa shape index (κ3) is 5.40. The minimum atomic E-state index is 0.476. The second kappa shape index (κ2) is 8.50. The normalized spacial score (nSPS) is 18.6. The summed E-state index contributed by atoms with van der Waals surface area (Å²) in [5.74, 6) is 0. The van der Waals surface area contributed by atoms with Crippen molar-refractivity contribution in [1.29, 1.82) is 0 Å². The van der Waals surface area contributed by atoms with Crippen LogP contribution in [-0.2, 0) is 6.42 Å². The molecule has 0 saturated heterocycles. The molecular weight excluding hydrogens is 258 g/mol. The van der Waals surface area contributed by atoms with E-state index in [1.54, 1.807) is 0 Å². The molecule has 3 nitrogen and oxygen atoms in total. The molecule has 1 heterocycles. The van der Waals surface area contributed by atoms with Crippen LogP contribution in [0.1, 0.15) is 44.2 Å². The maximum atomic E-state index is 4.43. The largest absolute Gasteiger partial charge is 0.319 e. The second-order valence-corrected chi connectivity index (χ2v) is 6.75. The number of hydrogen-bond acceptors (Lipinski definition) is 3. The fourth-order valence-electron chi connectivity index (χ4n) is 3.75. The molecule has 1 aliphatic rings. The molecule has 1 aromatic heterocycles. The molecule has 1 fully saturated rings. The van der Waals surface area contributed by atoms with E-state index in [2.05, 4.69) is 41.4 Å². The first kappa shape index (κ1) is 16.4. The van der Waals surface area contributed by atoms with Crippen molar-refractivity contribution in [3.05, 3.63) is 30.1 Å². The van der Waals surface area contributed by atoms with E-state index in [1.165, 1.54) is 50.8 Å². The topological polar surface area (TPSA) is 28.2 Å². The lowest BCUT2D eigenvalue weighted by atomic mass is 9.79. The molecule has 0 radical (unpaired) electrons. The highest BCUT2D eigenvalue weighted by Gasteiger charge is 2.31. The Morgan fingerprint density at radius 2 is 1.95 bits per heavy atom. The van der Waals surface area contributed by atoms with Gasteiger partial charge in [0, 0.05) is 37.9 Å². The summed E-state index contributed by atoms with van der Waals surface area (Å²) < 4.78 is 0. The highest BCUT2D eigenvalue weighted by molar-refractivity contribution is 5.03. The third-order valence-corrected chi connectivity index (χ3v) is 4.80. The molecule has 21 heavy (non-hydrogen) atoms. The summed E-state index contributed by atoms with van der Waals surface area (Å²) in [6.45, 7) is 3.46. The van der Waals surface area contributed by atoms with Crippen LogP contribution < -0.4 is 5.32 Å². The summed E-state index contributed by atoms with van der Waals surface area (Å²) in [5.41, 5.74) is 1.68. The van der Waals surface area contributed by atoms with Crippen LogP contribution in [0.25, 0.3) is 0 Å². The summed E-state index contributed by atoms with van der Waals surface area (Å²) in [6, 6.07) is 6.19. The van der Waals surface area contributed by atoms with Gasteiger partial charge in [-0.3, -0.25) is 4.98 Å². The van der Waals surface area contributed by atoms with Crippen molar-refractivity contribution in [2.45, 2.75) is 44.9 Å². The number of nitrogens with zero attached hydrogens (tertiary/aromatic N) is 2. The Morgan fingerprint density at radius 3 is 2.57 bits per heavy atom. The molecule has 1 aliphatic carbocycles. The Kier molecular flexibility index (Phi) is 6.65. The summed E-state index contributed by atoms with van der Waals surface area (Å²) >= 11 is 0. The van der Waals surface area contributed by atoms with Gasteiger partial charge in [0.05, 0.1) is 0 Å². The van der Waals surface area contributed by atoms with Crippen LogP contribution in [0.5, 0.6) is 0 Å².